The van der Waals surface area contributed by atoms with Gasteiger partial charge in [0.15, 0.2) is 0 Å². The highest BCUT2D eigenvalue weighted by molar-refractivity contribution is 5.78. The maximum atomic E-state index is 12.4. The molecule has 3 rings (SSSR count). The minimum absolute atomic E-state index is 0.179. The van der Waals surface area contributed by atoms with Gasteiger partial charge < -0.3 is 14.5 Å². The fourth-order valence-corrected chi connectivity index (χ4v) is 4.19. The Balaban J connectivity index is 1.32. The number of amides is 1. The number of carbonyl (C=O) groups is 1. The first-order valence-corrected chi connectivity index (χ1v) is 11.4. The van der Waals surface area contributed by atoms with Gasteiger partial charge in [0.1, 0.15) is 5.75 Å². The van der Waals surface area contributed by atoms with Crippen LogP contribution in [0.4, 0.5) is 0 Å². The molecule has 0 atom stereocenters. The summed E-state index contributed by atoms with van der Waals surface area (Å²) in [6.45, 7) is 15.2. The summed E-state index contributed by atoms with van der Waals surface area (Å²) < 4.78 is 5.94. The van der Waals surface area contributed by atoms with Gasteiger partial charge in [-0.15, -0.1) is 0 Å². The highest BCUT2D eigenvalue weighted by Crippen LogP contribution is 2.24. The lowest BCUT2D eigenvalue weighted by Gasteiger charge is -2.24. The summed E-state index contributed by atoms with van der Waals surface area (Å²) in [4.78, 5) is 19.3. The number of hydrogen-bond acceptors (Lipinski definition) is 4. The third-order valence-electron chi connectivity index (χ3n) is 6.11. The van der Waals surface area contributed by atoms with E-state index >= 15 is 0 Å². The Bertz CT molecular complexity index is 633. The van der Waals surface area contributed by atoms with Crippen LogP contribution in [0.1, 0.15) is 52.0 Å². The predicted molar refractivity (Wildman–Crippen MR) is 119 cm³/mol. The van der Waals surface area contributed by atoms with Gasteiger partial charge in [-0.3, -0.25) is 9.69 Å². The van der Waals surface area contributed by atoms with E-state index in [0.717, 1.165) is 71.0 Å². The Morgan fingerprint density at radius 3 is 2.24 bits per heavy atom. The van der Waals surface area contributed by atoms with Gasteiger partial charge in [0.05, 0.1) is 13.2 Å². The number of hydrogen-bond donors (Lipinski definition) is 0. The Hall–Kier alpha value is -1.59. The summed E-state index contributed by atoms with van der Waals surface area (Å²) in [7, 11) is 0. The average molecular weight is 402 g/mol. The zero-order chi connectivity index (χ0) is 20.7. The Labute approximate surface area is 177 Å². The van der Waals surface area contributed by atoms with Crippen molar-refractivity contribution in [3.05, 3.63) is 29.8 Å². The topological polar surface area (TPSA) is 36.0 Å². The average Bonchev–Trinajstić information content (AvgIpc) is 3.14. The molecule has 0 bridgehead atoms. The van der Waals surface area contributed by atoms with E-state index in [0.29, 0.717) is 12.5 Å². The summed E-state index contributed by atoms with van der Waals surface area (Å²) in [5.74, 6) is 1.28. The number of benzene rings is 1. The minimum atomic E-state index is 0.179. The SMILES string of the molecule is CC(C)(C)c1ccc(OCCCN2CCCN(CC(=O)N3CCCC3)CC2)cc1. The molecule has 2 aliphatic heterocycles. The first kappa shape index (κ1) is 22.1. The van der Waals surface area contributed by atoms with Crippen LogP contribution in [0.15, 0.2) is 24.3 Å². The third-order valence-corrected chi connectivity index (χ3v) is 6.11. The second kappa shape index (κ2) is 10.4. The van der Waals surface area contributed by atoms with E-state index in [4.69, 9.17) is 4.74 Å². The molecule has 1 aromatic carbocycles. The van der Waals surface area contributed by atoms with E-state index in [2.05, 4.69) is 54.8 Å². The normalized spacial score (nSPS) is 19.3. The van der Waals surface area contributed by atoms with Gasteiger partial charge in [-0.2, -0.15) is 0 Å². The molecule has 2 aliphatic rings. The molecular formula is C24H39N3O2. The van der Waals surface area contributed by atoms with Gasteiger partial charge in [-0.25, -0.2) is 0 Å². The van der Waals surface area contributed by atoms with Crippen molar-refractivity contribution in [2.24, 2.45) is 0 Å². The fourth-order valence-electron chi connectivity index (χ4n) is 4.19. The summed E-state index contributed by atoms with van der Waals surface area (Å²) in [6.07, 6.45) is 4.51. The minimum Gasteiger partial charge on any atom is -0.494 e. The molecule has 0 aromatic heterocycles. The van der Waals surface area contributed by atoms with Gasteiger partial charge >= 0.3 is 0 Å². The van der Waals surface area contributed by atoms with Crippen LogP contribution < -0.4 is 4.74 Å². The van der Waals surface area contributed by atoms with Crippen molar-refractivity contribution >= 4 is 5.91 Å². The van der Waals surface area contributed by atoms with Gasteiger partial charge in [0, 0.05) is 32.7 Å². The number of ether oxygens (including phenoxy) is 1. The van der Waals surface area contributed by atoms with Gasteiger partial charge in [0.2, 0.25) is 5.91 Å². The first-order valence-electron chi connectivity index (χ1n) is 11.4. The van der Waals surface area contributed by atoms with Crippen LogP contribution in [0.25, 0.3) is 0 Å². The molecule has 5 nitrogen and oxygen atoms in total. The molecule has 0 saturated carbocycles. The maximum Gasteiger partial charge on any atom is 0.236 e. The number of likely N-dealkylation sites (tertiary alicyclic amines) is 1. The quantitative estimate of drug-likeness (QED) is 0.656. The maximum absolute atomic E-state index is 12.4. The molecular weight excluding hydrogens is 362 g/mol. The van der Waals surface area contributed by atoms with Crippen molar-refractivity contribution in [1.29, 1.82) is 0 Å². The number of carbonyl (C=O) groups excluding carboxylic acids is 1. The molecule has 1 amide bonds. The van der Waals surface area contributed by atoms with E-state index < -0.39 is 0 Å². The smallest absolute Gasteiger partial charge is 0.236 e. The zero-order valence-electron chi connectivity index (χ0n) is 18.7. The van der Waals surface area contributed by atoms with Gasteiger partial charge in [-0.1, -0.05) is 32.9 Å². The van der Waals surface area contributed by atoms with Crippen molar-refractivity contribution in [2.45, 2.75) is 51.9 Å². The van der Waals surface area contributed by atoms with E-state index in [1.807, 2.05) is 4.90 Å². The Morgan fingerprint density at radius 1 is 0.897 bits per heavy atom. The number of nitrogens with zero attached hydrogens (tertiary/aromatic N) is 3. The van der Waals surface area contributed by atoms with E-state index in [1.165, 1.54) is 18.4 Å². The molecule has 29 heavy (non-hydrogen) atoms. The molecule has 0 N–H and O–H groups in total. The van der Waals surface area contributed by atoms with Crippen LogP contribution in [-0.4, -0.2) is 79.6 Å². The first-order chi connectivity index (χ1) is 13.9. The molecule has 5 heteroatoms. The van der Waals surface area contributed by atoms with Crippen LogP contribution in [0.3, 0.4) is 0 Å². The third kappa shape index (κ3) is 7.00. The molecule has 2 saturated heterocycles. The summed E-state index contributed by atoms with van der Waals surface area (Å²) in [5.41, 5.74) is 1.51. The zero-order valence-corrected chi connectivity index (χ0v) is 18.7. The molecule has 2 fully saturated rings. The molecule has 0 aliphatic carbocycles. The molecule has 0 radical (unpaired) electrons. The van der Waals surface area contributed by atoms with Gasteiger partial charge in [-0.05, 0) is 61.9 Å². The second-order valence-electron chi connectivity index (χ2n) is 9.54. The van der Waals surface area contributed by atoms with Crippen molar-refractivity contribution in [2.75, 3.05) is 59.0 Å². The fraction of sp³-hybridized carbons (Fsp3) is 0.708. The van der Waals surface area contributed by atoms with Crippen molar-refractivity contribution < 1.29 is 9.53 Å². The highest BCUT2D eigenvalue weighted by Gasteiger charge is 2.22. The van der Waals surface area contributed by atoms with Crippen molar-refractivity contribution in [3.8, 4) is 5.75 Å². The van der Waals surface area contributed by atoms with Crippen molar-refractivity contribution in [1.82, 2.24) is 14.7 Å². The monoisotopic (exact) mass is 401 g/mol. The predicted octanol–water partition coefficient (Wildman–Crippen LogP) is 3.38. The largest absolute Gasteiger partial charge is 0.494 e. The molecule has 1 aromatic rings. The standard InChI is InChI=1S/C24H39N3O2/c1-24(2,3)21-8-10-22(11-9-21)29-19-7-14-25-12-6-13-26(18-17-25)20-23(28)27-15-4-5-16-27/h8-11H,4-7,12-20H2,1-3H3. The molecule has 162 valence electrons. The second-order valence-corrected chi connectivity index (χ2v) is 9.54. The Morgan fingerprint density at radius 2 is 1.55 bits per heavy atom. The van der Waals surface area contributed by atoms with Crippen molar-refractivity contribution in [3.63, 3.8) is 0 Å². The summed E-state index contributed by atoms with van der Waals surface area (Å²) >= 11 is 0. The van der Waals surface area contributed by atoms with Crippen LogP contribution in [0.5, 0.6) is 5.75 Å². The summed E-state index contributed by atoms with van der Waals surface area (Å²) in [6, 6.07) is 8.51. The molecule has 0 spiro atoms. The van der Waals surface area contributed by atoms with Crippen LogP contribution >= 0.6 is 0 Å². The van der Waals surface area contributed by atoms with E-state index in [-0.39, 0.29) is 5.41 Å². The van der Waals surface area contributed by atoms with E-state index in [9.17, 15) is 4.79 Å². The lowest BCUT2D eigenvalue weighted by Crippen LogP contribution is -2.40. The van der Waals surface area contributed by atoms with E-state index in [1.54, 1.807) is 0 Å². The Kier molecular flexibility index (Phi) is 7.96. The lowest BCUT2D eigenvalue weighted by molar-refractivity contribution is -0.131. The summed E-state index contributed by atoms with van der Waals surface area (Å²) in [5, 5.41) is 0. The highest BCUT2D eigenvalue weighted by atomic mass is 16.5. The van der Waals surface area contributed by atoms with Gasteiger partial charge in [0.25, 0.3) is 0 Å². The van der Waals surface area contributed by atoms with Crippen LogP contribution in [0.2, 0.25) is 0 Å². The van der Waals surface area contributed by atoms with Crippen LogP contribution in [0, 0.1) is 0 Å². The lowest BCUT2D eigenvalue weighted by atomic mass is 9.87. The molecule has 2 heterocycles. The number of rotatable bonds is 7. The molecule has 0 unspecified atom stereocenters. The van der Waals surface area contributed by atoms with Crippen LogP contribution in [-0.2, 0) is 10.2 Å².